The van der Waals surface area contributed by atoms with Crippen LogP contribution in [0.5, 0.6) is 0 Å². The molecular weight excluding hydrogens is 314 g/mol. The van der Waals surface area contributed by atoms with Gasteiger partial charge < -0.3 is 4.90 Å². The van der Waals surface area contributed by atoms with Gasteiger partial charge in [-0.15, -0.1) is 0 Å². The molecule has 5 heteroatoms. The van der Waals surface area contributed by atoms with E-state index in [0.29, 0.717) is 11.1 Å². The van der Waals surface area contributed by atoms with Gasteiger partial charge in [-0.1, -0.05) is 17.2 Å². The minimum atomic E-state index is -0.344. The van der Waals surface area contributed by atoms with E-state index in [1.165, 1.54) is 0 Å². The lowest BCUT2D eigenvalue weighted by Gasteiger charge is -2.21. The Balaban J connectivity index is 1.99. The molecule has 0 radical (unpaired) electrons. The second kappa shape index (κ2) is 8.33. The first-order chi connectivity index (χ1) is 11.9. The van der Waals surface area contributed by atoms with E-state index in [-0.39, 0.29) is 11.8 Å². The predicted molar refractivity (Wildman–Crippen MR) is 101 cm³/mol. The molecule has 2 aromatic rings. The number of carbonyl (C=O) groups excluding carboxylic acids is 2. The highest BCUT2D eigenvalue weighted by Gasteiger charge is 2.10. The quantitative estimate of drug-likeness (QED) is 0.822. The summed E-state index contributed by atoms with van der Waals surface area (Å²) in [5.74, 6) is -0.677. The van der Waals surface area contributed by atoms with Crippen molar-refractivity contribution in [1.82, 2.24) is 10.9 Å². The first-order valence-corrected chi connectivity index (χ1v) is 8.48. The molecule has 0 aliphatic carbocycles. The van der Waals surface area contributed by atoms with E-state index < -0.39 is 0 Å². The van der Waals surface area contributed by atoms with Gasteiger partial charge in [-0.2, -0.15) is 0 Å². The van der Waals surface area contributed by atoms with Gasteiger partial charge in [-0.25, -0.2) is 0 Å². The van der Waals surface area contributed by atoms with Gasteiger partial charge in [0.15, 0.2) is 0 Å². The first-order valence-electron chi connectivity index (χ1n) is 8.48. The SMILES string of the molecule is CCN(CC)c1ccc(C(=O)NNC(=O)c2cc(C)cc(C)c2)cc1. The predicted octanol–water partition coefficient (Wildman–Crippen LogP) is 3.22. The summed E-state index contributed by atoms with van der Waals surface area (Å²) < 4.78 is 0. The third-order valence-electron chi connectivity index (χ3n) is 4.03. The topological polar surface area (TPSA) is 61.4 Å². The normalized spacial score (nSPS) is 10.2. The molecule has 0 fully saturated rings. The van der Waals surface area contributed by atoms with Crippen LogP contribution in [-0.2, 0) is 0 Å². The molecule has 0 atom stereocenters. The van der Waals surface area contributed by atoms with Crippen molar-refractivity contribution in [3.05, 3.63) is 64.7 Å². The first kappa shape index (κ1) is 18.5. The highest BCUT2D eigenvalue weighted by Crippen LogP contribution is 2.14. The van der Waals surface area contributed by atoms with E-state index >= 15 is 0 Å². The number of anilines is 1. The van der Waals surface area contributed by atoms with Gasteiger partial charge in [0.1, 0.15) is 0 Å². The third kappa shape index (κ3) is 4.83. The highest BCUT2D eigenvalue weighted by molar-refractivity contribution is 5.99. The largest absolute Gasteiger partial charge is 0.372 e. The summed E-state index contributed by atoms with van der Waals surface area (Å²) in [4.78, 5) is 26.6. The molecule has 25 heavy (non-hydrogen) atoms. The van der Waals surface area contributed by atoms with Gasteiger partial charge in [0, 0.05) is 29.9 Å². The molecule has 2 rings (SSSR count). The van der Waals surface area contributed by atoms with Crippen molar-refractivity contribution >= 4 is 17.5 Å². The van der Waals surface area contributed by atoms with Crippen LogP contribution in [0.1, 0.15) is 45.7 Å². The van der Waals surface area contributed by atoms with Crippen LogP contribution in [0.3, 0.4) is 0 Å². The Bertz CT molecular complexity index is 730. The smallest absolute Gasteiger partial charge is 0.269 e. The number of hydrazine groups is 1. The van der Waals surface area contributed by atoms with Crippen molar-refractivity contribution in [2.45, 2.75) is 27.7 Å². The molecule has 0 saturated heterocycles. The zero-order valence-electron chi connectivity index (χ0n) is 15.2. The summed E-state index contributed by atoms with van der Waals surface area (Å²) in [5, 5.41) is 0. The zero-order chi connectivity index (χ0) is 18.4. The summed E-state index contributed by atoms with van der Waals surface area (Å²) in [7, 11) is 0. The molecule has 0 heterocycles. The second-order valence-electron chi connectivity index (χ2n) is 6.00. The highest BCUT2D eigenvalue weighted by atomic mass is 16.2. The Kier molecular flexibility index (Phi) is 6.17. The average molecular weight is 339 g/mol. The number of nitrogens with one attached hydrogen (secondary N) is 2. The summed E-state index contributed by atoms with van der Waals surface area (Å²) in [6, 6.07) is 12.9. The monoisotopic (exact) mass is 339 g/mol. The van der Waals surface area contributed by atoms with Crippen LogP contribution in [0.25, 0.3) is 0 Å². The molecule has 0 aliphatic rings. The Morgan fingerprint density at radius 1 is 0.800 bits per heavy atom. The fraction of sp³-hybridized carbons (Fsp3) is 0.300. The van der Waals surface area contributed by atoms with E-state index in [9.17, 15) is 9.59 Å². The summed E-state index contributed by atoms with van der Waals surface area (Å²) >= 11 is 0. The number of aryl methyl sites for hydroxylation is 2. The molecule has 0 saturated carbocycles. The van der Waals surface area contributed by atoms with Gasteiger partial charge in [0.2, 0.25) is 0 Å². The number of nitrogens with zero attached hydrogens (tertiary/aromatic N) is 1. The molecule has 0 aliphatic heterocycles. The van der Waals surface area contributed by atoms with Crippen LogP contribution in [0.15, 0.2) is 42.5 Å². The fourth-order valence-corrected chi connectivity index (χ4v) is 2.78. The Labute approximate surface area is 149 Å². The molecule has 0 bridgehead atoms. The van der Waals surface area contributed by atoms with Crippen LogP contribution in [0.4, 0.5) is 5.69 Å². The maximum absolute atomic E-state index is 12.2. The Morgan fingerprint density at radius 2 is 1.28 bits per heavy atom. The molecule has 0 unspecified atom stereocenters. The van der Waals surface area contributed by atoms with E-state index in [0.717, 1.165) is 29.9 Å². The fourth-order valence-electron chi connectivity index (χ4n) is 2.78. The zero-order valence-corrected chi connectivity index (χ0v) is 15.2. The molecule has 132 valence electrons. The van der Waals surface area contributed by atoms with Crippen LogP contribution < -0.4 is 15.8 Å². The van der Waals surface area contributed by atoms with Crippen LogP contribution in [0, 0.1) is 13.8 Å². The van der Waals surface area contributed by atoms with Crippen LogP contribution in [0.2, 0.25) is 0 Å². The van der Waals surface area contributed by atoms with Gasteiger partial charge >= 0.3 is 0 Å². The van der Waals surface area contributed by atoms with Gasteiger partial charge in [-0.3, -0.25) is 20.4 Å². The molecule has 2 aromatic carbocycles. The number of rotatable bonds is 5. The van der Waals surface area contributed by atoms with Crippen LogP contribution in [-0.4, -0.2) is 24.9 Å². The van der Waals surface area contributed by atoms with Crippen molar-refractivity contribution in [3.8, 4) is 0 Å². The number of carbonyl (C=O) groups is 2. The standard InChI is InChI=1S/C20H25N3O2/c1-5-23(6-2)18-9-7-16(8-10-18)19(24)21-22-20(25)17-12-14(3)11-15(4)13-17/h7-13H,5-6H2,1-4H3,(H,21,24)(H,22,25). The van der Waals surface area contributed by atoms with E-state index in [2.05, 4.69) is 29.6 Å². The van der Waals surface area contributed by atoms with Gasteiger partial charge in [-0.05, 0) is 64.1 Å². The van der Waals surface area contributed by atoms with Crippen molar-refractivity contribution in [2.75, 3.05) is 18.0 Å². The van der Waals surface area contributed by atoms with E-state index in [1.807, 2.05) is 32.0 Å². The Hall–Kier alpha value is -2.82. The minimum absolute atomic E-state index is 0.333. The summed E-state index contributed by atoms with van der Waals surface area (Å²) in [5.41, 5.74) is 9.02. The maximum atomic E-state index is 12.2. The van der Waals surface area contributed by atoms with Crippen molar-refractivity contribution in [3.63, 3.8) is 0 Å². The van der Waals surface area contributed by atoms with E-state index in [1.54, 1.807) is 24.3 Å². The summed E-state index contributed by atoms with van der Waals surface area (Å²) in [6.07, 6.45) is 0. The lowest BCUT2D eigenvalue weighted by Crippen LogP contribution is -2.41. The van der Waals surface area contributed by atoms with Crippen molar-refractivity contribution < 1.29 is 9.59 Å². The number of hydrogen-bond acceptors (Lipinski definition) is 3. The lowest BCUT2D eigenvalue weighted by molar-refractivity contribution is 0.0846. The molecule has 0 aromatic heterocycles. The number of hydrogen-bond donors (Lipinski definition) is 2. The molecule has 2 amide bonds. The molecule has 0 spiro atoms. The average Bonchev–Trinajstić information content (AvgIpc) is 2.60. The molecule has 5 nitrogen and oxygen atoms in total. The van der Waals surface area contributed by atoms with Crippen molar-refractivity contribution in [2.24, 2.45) is 0 Å². The van der Waals surface area contributed by atoms with E-state index in [4.69, 9.17) is 0 Å². The van der Waals surface area contributed by atoms with Crippen molar-refractivity contribution in [1.29, 1.82) is 0 Å². The second-order valence-corrected chi connectivity index (χ2v) is 6.00. The van der Waals surface area contributed by atoms with Gasteiger partial charge in [0.25, 0.3) is 11.8 Å². The third-order valence-corrected chi connectivity index (χ3v) is 4.03. The maximum Gasteiger partial charge on any atom is 0.269 e. The Morgan fingerprint density at radius 3 is 1.76 bits per heavy atom. The van der Waals surface area contributed by atoms with Crippen LogP contribution >= 0.6 is 0 Å². The molecular formula is C20H25N3O2. The van der Waals surface area contributed by atoms with Gasteiger partial charge in [0.05, 0.1) is 0 Å². The number of benzene rings is 2. The summed E-state index contributed by atoms with van der Waals surface area (Å²) in [6.45, 7) is 9.86. The number of amides is 2. The lowest BCUT2D eigenvalue weighted by atomic mass is 10.1. The molecule has 2 N–H and O–H groups in total. The minimum Gasteiger partial charge on any atom is -0.372 e.